The quantitative estimate of drug-likeness (QED) is 0.834. The van der Waals surface area contributed by atoms with Crippen molar-refractivity contribution in [2.45, 2.75) is 38.3 Å². The number of imidazole rings is 1. The first-order chi connectivity index (χ1) is 9.84. The highest BCUT2D eigenvalue weighted by Crippen LogP contribution is 2.37. The van der Waals surface area contributed by atoms with E-state index in [2.05, 4.69) is 31.3 Å². The molecule has 1 atom stereocenters. The van der Waals surface area contributed by atoms with Crippen LogP contribution < -0.4 is 4.90 Å². The number of nitrogens with zero attached hydrogens (tertiary/aromatic N) is 5. The van der Waals surface area contributed by atoms with Gasteiger partial charge in [-0.3, -0.25) is 0 Å². The highest BCUT2D eigenvalue weighted by molar-refractivity contribution is 5.83. The van der Waals surface area contributed by atoms with Gasteiger partial charge in [-0.05, 0) is 26.2 Å². The van der Waals surface area contributed by atoms with E-state index in [1.54, 1.807) is 6.33 Å². The molecule has 2 fully saturated rings. The molecule has 0 aromatic carbocycles. The van der Waals surface area contributed by atoms with Crippen LogP contribution in [0.5, 0.6) is 0 Å². The van der Waals surface area contributed by atoms with E-state index in [1.807, 2.05) is 6.33 Å². The lowest BCUT2D eigenvalue weighted by Gasteiger charge is -2.27. The van der Waals surface area contributed by atoms with Gasteiger partial charge in [0.05, 0.1) is 19.0 Å². The fourth-order valence-electron chi connectivity index (χ4n) is 2.89. The molecule has 0 spiro atoms. The molecule has 0 N–H and O–H groups in total. The molecule has 4 rings (SSSR count). The Morgan fingerprint density at radius 2 is 2.15 bits per heavy atom. The molecule has 6 nitrogen and oxygen atoms in total. The average molecular weight is 273 g/mol. The molecule has 1 saturated heterocycles. The van der Waals surface area contributed by atoms with Crippen molar-refractivity contribution in [3.63, 3.8) is 0 Å². The molecule has 6 heteroatoms. The molecule has 1 aliphatic carbocycles. The van der Waals surface area contributed by atoms with Crippen LogP contribution in [-0.2, 0) is 4.74 Å². The minimum Gasteiger partial charge on any atom is -0.379 e. The molecule has 2 aliphatic rings. The summed E-state index contributed by atoms with van der Waals surface area (Å²) in [6.07, 6.45) is 7.08. The second kappa shape index (κ2) is 4.70. The van der Waals surface area contributed by atoms with E-state index in [0.717, 1.165) is 43.2 Å². The van der Waals surface area contributed by atoms with Gasteiger partial charge in [-0.25, -0.2) is 15.0 Å². The van der Waals surface area contributed by atoms with Gasteiger partial charge in [0.1, 0.15) is 6.33 Å². The fourth-order valence-corrected chi connectivity index (χ4v) is 2.89. The summed E-state index contributed by atoms with van der Waals surface area (Å²) in [6, 6.07) is 0.911. The van der Waals surface area contributed by atoms with Gasteiger partial charge in [0.2, 0.25) is 0 Å². The first-order valence-corrected chi connectivity index (χ1v) is 7.36. The number of ether oxygens (including phenoxy) is 1. The fraction of sp³-hybridized carbons (Fsp3) is 0.643. The molecule has 0 radical (unpaired) electrons. The summed E-state index contributed by atoms with van der Waals surface area (Å²) < 4.78 is 7.81. The molecule has 2 aromatic rings. The predicted octanol–water partition coefficient (Wildman–Crippen LogP) is 1.78. The summed E-state index contributed by atoms with van der Waals surface area (Å²) in [5, 5.41) is 0. The Labute approximate surface area is 117 Å². The minimum atomic E-state index is 0.321. The third kappa shape index (κ3) is 1.95. The molecule has 0 bridgehead atoms. The van der Waals surface area contributed by atoms with Crippen molar-refractivity contribution in [3.05, 3.63) is 12.7 Å². The van der Waals surface area contributed by atoms with Crippen LogP contribution in [0.3, 0.4) is 0 Å². The Bertz CT molecular complexity index is 621. The Morgan fingerprint density at radius 1 is 1.25 bits per heavy atom. The maximum absolute atomic E-state index is 5.61. The van der Waals surface area contributed by atoms with E-state index in [4.69, 9.17) is 4.74 Å². The average Bonchev–Trinajstić information content (AvgIpc) is 3.24. The van der Waals surface area contributed by atoms with Gasteiger partial charge < -0.3 is 14.2 Å². The smallest absolute Gasteiger partial charge is 0.165 e. The summed E-state index contributed by atoms with van der Waals surface area (Å²) in [5.41, 5.74) is 1.89. The van der Waals surface area contributed by atoms with Gasteiger partial charge in [0.15, 0.2) is 17.0 Å². The summed E-state index contributed by atoms with van der Waals surface area (Å²) in [6.45, 7) is 4.71. The number of hydrogen-bond donors (Lipinski definition) is 0. The topological polar surface area (TPSA) is 56.1 Å². The summed E-state index contributed by atoms with van der Waals surface area (Å²) in [5.74, 6) is 0.951. The number of fused-ring (bicyclic) bond motifs is 1. The maximum atomic E-state index is 5.61. The second-order valence-electron chi connectivity index (χ2n) is 5.72. The zero-order valence-electron chi connectivity index (χ0n) is 11.7. The van der Waals surface area contributed by atoms with Crippen molar-refractivity contribution >= 4 is 17.0 Å². The SMILES string of the molecule is CC1COCCCN1c1ncnc2c1ncn2C1CC1. The van der Waals surface area contributed by atoms with Gasteiger partial charge in [-0.15, -0.1) is 0 Å². The first-order valence-electron chi connectivity index (χ1n) is 7.36. The molecular formula is C14H19N5O. The summed E-state index contributed by atoms with van der Waals surface area (Å²) in [4.78, 5) is 15.8. The van der Waals surface area contributed by atoms with Gasteiger partial charge >= 0.3 is 0 Å². The van der Waals surface area contributed by atoms with Crippen LogP contribution in [0, 0.1) is 0 Å². The molecule has 20 heavy (non-hydrogen) atoms. The van der Waals surface area contributed by atoms with Gasteiger partial charge in [-0.2, -0.15) is 0 Å². The zero-order valence-corrected chi connectivity index (χ0v) is 11.7. The largest absolute Gasteiger partial charge is 0.379 e. The highest BCUT2D eigenvalue weighted by Gasteiger charge is 2.28. The molecule has 1 unspecified atom stereocenters. The van der Waals surface area contributed by atoms with Crippen molar-refractivity contribution in [2.75, 3.05) is 24.7 Å². The molecule has 1 aliphatic heterocycles. The van der Waals surface area contributed by atoms with Crippen LogP contribution in [0.15, 0.2) is 12.7 Å². The molecule has 0 amide bonds. The van der Waals surface area contributed by atoms with Crippen molar-refractivity contribution in [2.24, 2.45) is 0 Å². The molecule has 106 valence electrons. The van der Waals surface area contributed by atoms with Crippen molar-refractivity contribution in [1.82, 2.24) is 19.5 Å². The van der Waals surface area contributed by atoms with Gasteiger partial charge in [-0.1, -0.05) is 0 Å². The third-order valence-electron chi connectivity index (χ3n) is 4.13. The van der Waals surface area contributed by atoms with Crippen LogP contribution in [0.25, 0.3) is 11.2 Å². The molecular weight excluding hydrogens is 254 g/mol. The molecule has 1 saturated carbocycles. The zero-order chi connectivity index (χ0) is 13.5. The van der Waals surface area contributed by atoms with Crippen molar-refractivity contribution in [1.29, 1.82) is 0 Å². The van der Waals surface area contributed by atoms with Crippen molar-refractivity contribution in [3.8, 4) is 0 Å². The summed E-state index contributed by atoms with van der Waals surface area (Å²) >= 11 is 0. The van der Waals surface area contributed by atoms with Crippen LogP contribution in [-0.4, -0.2) is 45.3 Å². The standard InChI is InChI=1S/C14H19N5O/c1-10-7-20-6-2-5-18(10)13-12-14(16-8-15-13)19(9-17-12)11-3-4-11/h8-11H,2-7H2,1H3. The highest BCUT2D eigenvalue weighted by atomic mass is 16.5. The van der Waals surface area contributed by atoms with Crippen LogP contribution in [0.4, 0.5) is 5.82 Å². The Morgan fingerprint density at radius 3 is 3.00 bits per heavy atom. The van der Waals surface area contributed by atoms with Crippen LogP contribution in [0.2, 0.25) is 0 Å². The molecule has 3 heterocycles. The van der Waals surface area contributed by atoms with E-state index in [0.29, 0.717) is 12.1 Å². The van der Waals surface area contributed by atoms with E-state index in [1.165, 1.54) is 12.8 Å². The van der Waals surface area contributed by atoms with Crippen LogP contribution in [0.1, 0.15) is 32.2 Å². The molecule has 2 aromatic heterocycles. The Kier molecular flexibility index (Phi) is 2.84. The monoisotopic (exact) mass is 273 g/mol. The Balaban J connectivity index is 1.78. The Hall–Kier alpha value is -1.69. The van der Waals surface area contributed by atoms with Crippen molar-refractivity contribution < 1.29 is 4.74 Å². The normalized spacial score (nSPS) is 24.1. The summed E-state index contributed by atoms with van der Waals surface area (Å²) in [7, 11) is 0. The lowest BCUT2D eigenvalue weighted by Crippen LogP contribution is -2.36. The van der Waals surface area contributed by atoms with E-state index >= 15 is 0 Å². The van der Waals surface area contributed by atoms with Crippen LogP contribution >= 0.6 is 0 Å². The lowest BCUT2D eigenvalue weighted by molar-refractivity contribution is 0.137. The second-order valence-corrected chi connectivity index (χ2v) is 5.72. The first kappa shape index (κ1) is 12.1. The maximum Gasteiger partial charge on any atom is 0.165 e. The van der Waals surface area contributed by atoms with Gasteiger partial charge in [0, 0.05) is 19.2 Å². The third-order valence-corrected chi connectivity index (χ3v) is 4.13. The van der Waals surface area contributed by atoms with Gasteiger partial charge in [0.25, 0.3) is 0 Å². The van der Waals surface area contributed by atoms with E-state index in [9.17, 15) is 0 Å². The predicted molar refractivity (Wildman–Crippen MR) is 75.8 cm³/mol. The number of anilines is 1. The number of hydrogen-bond acceptors (Lipinski definition) is 5. The lowest BCUT2D eigenvalue weighted by atomic mass is 10.2. The van der Waals surface area contributed by atoms with E-state index in [-0.39, 0.29) is 0 Å². The number of rotatable bonds is 2. The number of aromatic nitrogens is 4. The minimum absolute atomic E-state index is 0.321. The van der Waals surface area contributed by atoms with E-state index < -0.39 is 0 Å².